The Balaban J connectivity index is 3.09. The molecule has 0 aromatic carbocycles. The molecule has 0 fully saturated rings. The fourth-order valence-electron chi connectivity index (χ4n) is 0.644. The van der Waals surface area contributed by atoms with E-state index in [1.54, 1.807) is 6.92 Å². The van der Waals surface area contributed by atoms with Gasteiger partial charge in [0.15, 0.2) is 0 Å². The molecule has 1 aromatic rings. The Morgan fingerprint density at radius 2 is 2.45 bits per heavy atom. The van der Waals surface area contributed by atoms with E-state index in [0.717, 1.165) is 0 Å². The van der Waals surface area contributed by atoms with Gasteiger partial charge in [0.1, 0.15) is 10.8 Å². The molecule has 0 spiro atoms. The molecule has 4 nitrogen and oxygen atoms in total. The number of hydrogen-bond acceptors (Lipinski definition) is 4. The van der Waals surface area contributed by atoms with Crippen LogP contribution in [0.3, 0.4) is 0 Å². The zero-order valence-corrected chi connectivity index (χ0v) is 6.58. The number of oxime groups is 1. The minimum Gasteiger partial charge on any atom is -0.411 e. The van der Waals surface area contributed by atoms with Crippen LogP contribution in [0.25, 0.3) is 0 Å². The predicted octanol–water partition coefficient (Wildman–Crippen LogP) is 1.25. The third kappa shape index (κ3) is 1.88. The maximum Gasteiger partial charge on any atom is 0.147 e. The first kappa shape index (κ1) is 7.94. The van der Waals surface area contributed by atoms with E-state index in [2.05, 4.69) is 15.1 Å². The maximum atomic E-state index is 8.18. The molecule has 0 bridgehead atoms. The van der Waals surface area contributed by atoms with Crippen LogP contribution < -0.4 is 0 Å². The minimum atomic E-state index is 0.331. The van der Waals surface area contributed by atoms with E-state index >= 15 is 0 Å². The van der Waals surface area contributed by atoms with Gasteiger partial charge in [-0.25, -0.2) is 4.98 Å². The summed E-state index contributed by atoms with van der Waals surface area (Å²) in [6, 6.07) is 0. The second kappa shape index (κ2) is 3.30. The third-order valence-corrected chi connectivity index (χ3v) is 1.32. The molecule has 1 aromatic heterocycles. The first-order valence-electron chi connectivity index (χ1n) is 2.90. The lowest BCUT2D eigenvalue weighted by atomic mass is 10.3. The molecule has 1 N–H and O–H groups in total. The number of rotatable bonds is 1. The van der Waals surface area contributed by atoms with Crippen molar-refractivity contribution in [3.8, 4) is 0 Å². The van der Waals surface area contributed by atoms with Crippen LogP contribution in [-0.2, 0) is 0 Å². The van der Waals surface area contributed by atoms with Crippen LogP contribution >= 0.6 is 11.6 Å². The van der Waals surface area contributed by atoms with Crippen molar-refractivity contribution in [3.63, 3.8) is 0 Å². The first-order chi connectivity index (χ1) is 5.24. The van der Waals surface area contributed by atoms with Gasteiger partial charge in [-0.3, -0.25) is 4.98 Å². The highest BCUT2D eigenvalue weighted by Gasteiger charge is 1.98. The Bertz CT molecular complexity index is 287. The van der Waals surface area contributed by atoms with Crippen LogP contribution in [0.5, 0.6) is 0 Å². The van der Waals surface area contributed by atoms with E-state index in [0.29, 0.717) is 16.5 Å². The predicted molar refractivity (Wildman–Crippen MR) is 41.2 cm³/mol. The van der Waals surface area contributed by atoms with E-state index in [9.17, 15) is 0 Å². The van der Waals surface area contributed by atoms with Gasteiger partial charge in [0.2, 0.25) is 0 Å². The highest BCUT2D eigenvalue weighted by atomic mass is 35.5. The van der Waals surface area contributed by atoms with Gasteiger partial charge >= 0.3 is 0 Å². The Kier molecular flexibility index (Phi) is 2.38. The molecule has 0 unspecified atom stereocenters. The summed E-state index contributed by atoms with van der Waals surface area (Å²) in [4.78, 5) is 7.76. The van der Waals surface area contributed by atoms with Crippen molar-refractivity contribution in [1.29, 1.82) is 0 Å². The molecule has 0 aliphatic heterocycles. The quantitative estimate of drug-likeness (QED) is 0.393. The Morgan fingerprint density at radius 3 is 3.00 bits per heavy atom. The van der Waals surface area contributed by atoms with Crippen molar-refractivity contribution in [2.75, 3.05) is 0 Å². The molecule has 1 rings (SSSR count). The van der Waals surface area contributed by atoms with Crippen molar-refractivity contribution in [2.45, 2.75) is 6.92 Å². The average molecular weight is 172 g/mol. The summed E-state index contributed by atoms with van der Waals surface area (Å²) in [5, 5.41) is 11.3. The molecule has 0 aliphatic rings. The largest absolute Gasteiger partial charge is 0.411 e. The van der Waals surface area contributed by atoms with Gasteiger partial charge in [-0.1, -0.05) is 16.8 Å². The van der Waals surface area contributed by atoms with Crippen molar-refractivity contribution in [3.05, 3.63) is 22.7 Å². The molecular formula is C6H6ClN3O. The van der Waals surface area contributed by atoms with Crippen molar-refractivity contribution >= 4 is 17.8 Å². The fourth-order valence-corrected chi connectivity index (χ4v) is 0.820. The maximum absolute atomic E-state index is 8.18. The average Bonchev–Trinajstić information content (AvgIpc) is 1.95. The highest BCUT2D eigenvalue weighted by molar-refractivity contribution is 6.29. The minimum absolute atomic E-state index is 0.331. The summed E-state index contributed by atoms with van der Waals surface area (Å²) in [6.45, 7) is 1.73. The fraction of sp³-hybridized carbons (Fsp3) is 0.167. The van der Waals surface area contributed by atoms with Crippen LogP contribution in [0.2, 0.25) is 5.15 Å². The molecule has 0 atom stereocenters. The summed E-state index contributed by atoms with van der Waals surface area (Å²) < 4.78 is 0. The van der Waals surface area contributed by atoms with Gasteiger partial charge in [0.05, 0.1) is 18.1 Å². The second-order valence-electron chi connectivity index (χ2n) is 1.91. The number of halogens is 1. The highest BCUT2D eigenvalue weighted by Crippen LogP contribution is 2.04. The van der Waals surface area contributed by atoms with Gasteiger partial charge in [0.25, 0.3) is 0 Å². The number of aryl methyl sites for hydroxylation is 1. The van der Waals surface area contributed by atoms with Crippen molar-refractivity contribution in [2.24, 2.45) is 5.16 Å². The van der Waals surface area contributed by atoms with Gasteiger partial charge in [-0.05, 0) is 6.92 Å². The molecule has 58 valence electrons. The Labute approximate surface area is 68.5 Å². The molecule has 0 radical (unpaired) electrons. The van der Waals surface area contributed by atoms with Crippen LogP contribution in [0.4, 0.5) is 0 Å². The molecular weight excluding hydrogens is 166 g/mol. The lowest BCUT2D eigenvalue weighted by Crippen LogP contribution is -1.95. The smallest absolute Gasteiger partial charge is 0.147 e. The van der Waals surface area contributed by atoms with Crippen LogP contribution in [0.1, 0.15) is 11.4 Å². The third-order valence-electron chi connectivity index (χ3n) is 1.14. The zero-order chi connectivity index (χ0) is 8.27. The van der Waals surface area contributed by atoms with E-state index < -0.39 is 0 Å². The lowest BCUT2D eigenvalue weighted by Gasteiger charge is -1.95. The monoisotopic (exact) mass is 171 g/mol. The summed E-state index contributed by atoms with van der Waals surface area (Å²) in [6.07, 6.45) is 2.60. The first-order valence-corrected chi connectivity index (χ1v) is 3.28. The summed E-state index contributed by atoms with van der Waals surface area (Å²) in [5.74, 6) is 0. The molecule has 0 saturated heterocycles. The second-order valence-corrected chi connectivity index (χ2v) is 2.30. The van der Waals surface area contributed by atoms with E-state index in [4.69, 9.17) is 16.8 Å². The van der Waals surface area contributed by atoms with Crippen LogP contribution in [0, 0.1) is 6.92 Å². The molecule has 11 heavy (non-hydrogen) atoms. The van der Waals surface area contributed by atoms with Crippen LogP contribution in [0.15, 0.2) is 11.4 Å². The van der Waals surface area contributed by atoms with Gasteiger partial charge in [-0.2, -0.15) is 0 Å². The van der Waals surface area contributed by atoms with Gasteiger partial charge in [-0.15, -0.1) is 0 Å². The van der Waals surface area contributed by atoms with E-state index in [1.807, 2.05) is 0 Å². The molecule has 0 amide bonds. The normalized spacial score (nSPS) is 10.7. The molecule has 0 saturated carbocycles. The molecule has 1 heterocycles. The topological polar surface area (TPSA) is 58.4 Å². The number of nitrogens with zero attached hydrogens (tertiary/aromatic N) is 3. The Morgan fingerprint density at radius 1 is 1.73 bits per heavy atom. The Hall–Kier alpha value is -1.16. The number of aromatic nitrogens is 2. The van der Waals surface area contributed by atoms with Crippen LogP contribution in [-0.4, -0.2) is 21.4 Å². The standard InChI is InChI=1S/C6H6ClN3O/c1-4-5(2-9-11)8-3-6(7)10-4/h2-3,11H,1H3/b9-2+. The van der Waals surface area contributed by atoms with Gasteiger partial charge in [0, 0.05) is 0 Å². The van der Waals surface area contributed by atoms with E-state index in [-0.39, 0.29) is 0 Å². The summed E-state index contributed by atoms with van der Waals surface area (Å²) >= 11 is 5.54. The summed E-state index contributed by atoms with van der Waals surface area (Å²) in [5.41, 5.74) is 1.15. The van der Waals surface area contributed by atoms with Crippen molar-refractivity contribution < 1.29 is 5.21 Å². The zero-order valence-electron chi connectivity index (χ0n) is 5.82. The summed E-state index contributed by atoms with van der Waals surface area (Å²) in [7, 11) is 0. The number of hydrogen-bond donors (Lipinski definition) is 1. The van der Waals surface area contributed by atoms with Crippen molar-refractivity contribution in [1.82, 2.24) is 9.97 Å². The SMILES string of the molecule is Cc1nc(Cl)cnc1/C=N/O. The lowest BCUT2D eigenvalue weighted by molar-refractivity contribution is 0.321. The van der Waals surface area contributed by atoms with E-state index in [1.165, 1.54) is 12.4 Å². The molecule has 0 aliphatic carbocycles. The van der Waals surface area contributed by atoms with Gasteiger partial charge < -0.3 is 5.21 Å². The molecule has 5 heteroatoms.